The fourth-order valence-corrected chi connectivity index (χ4v) is 4.48. The van der Waals surface area contributed by atoms with Crippen molar-refractivity contribution in [3.63, 3.8) is 0 Å². The average Bonchev–Trinajstić information content (AvgIpc) is 2.65. The Labute approximate surface area is 157 Å². The predicted octanol–water partition coefficient (Wildman–Crippen LogP) is 1.84. The molecule has 3 nitrogen and oxygen atoms in total. The monoisotopic (exact) mass is 427 g/mol. The second-order valence-electron chi connectivity index (χ2n) is 4.70. The molecule has 0 spiro atoms. The minimum atomic E-state index is -0.446. The van der Waals surface area contributed by atoms with Crippen molar-refractivity contribution in [3.8, 4) is 0 Å². The van der Waals surface area contributed by atoms with Crippen LogP contribution < -0.4 is 27.2 Å². The summed E-state index contributed by atoms with van der Waals surface area (Å²) in [6, 6.07) is 32.3. The Balaban J connectivity index is 0.000000522. The van der Waals surface area contributed by atoms with Crippen LogP contribution in [0.25, 0.3) is 0 Å². The number of rotatable bonds is 4. The molecule has 0 aromatic heterocycles. The summed E-state index contributed by atoms with van der Waals surface area (Å²) < 4.78 is 0. The second kappa shape index (κ2) is 12.0. The summed E-state index contributed by atoms with van der Waals surface area (Å²) in [4.78, 5) is 0. The van der Waals surface area contributed by atoms with E-state index in [0.717, 1.165) is 0 Å². The zero-order chi connectivity index (χ0) is 16.3. The van der Waals surface area contributed by atoms with E-state index >= 15 is 0 Å². The molecule has 3 aromatic rings. The van der Waals surface area contributed by atoms with Crippen LogP contribution in [0.2, 0.25) is 0 Å². The molecule has 5 heteroatoms. The second-order valence-corrected chi connectivity index (χ2v) is 6.92. The molecule has 0 fully saturated rings. The molecule has 0 bridgehead atoms. The molecule has 0 saturated heterocycles. The predicted molar refractivity (Wildman–Crippen MR) is 99.6 cm³/mol. The van der Waals surface area contributed by atoms with Crippen LogP contribution >= 0.6 is 7.92 Å². The Morgan fingerprint density at radius 3 is 1.12 bits per heavy atom. The van der Waals surface area contributed by atoms with Crippen molar-refractivity contribution in [1.82, 2.24) is 5.43 Å². The average molecular weight is 427 g/mol. The van der Waals surface area contributed by atoms with Gasteiger partial charge in [-0.3, -0.25) is 5.84 Å². The topological polar surface area (TPSA) is 58.3 Å². The van der Waals surface area contributed by atoms with E-state index in [-0.39, 0.29) is 26.2 Å². The van der Waals surface area contributed by atoms with Crippen LogP contribution in [0.5, 0.6) is 0 Å². The number of aliphatic hydroxyl groups excluding tert-OH is 1. The SMILES string of the molecule is NNCO.[Rh].c1ccc(P(c2ccccc2)c2ccccc2)cc1. The first kappa shape index (κ1) is 20.6. The van der Waals surface area contributed by atoms with Crippen LogP contribution in [0.1, 0.15) is 0 Å². The van der Waals surface area contributed by atoms with Gasteiger partial charge in [0.1, 0.15) is 6.73 Å². The summed E-state index contributed by atoms with van der Waals surface area (Å²) in [5.41, 5.74) is 1.99. The molecule has 0 aliphatic rings. The van der Waals surface area contributed by atoms with Gasteiger partial charge in [-0.2, -0.15) is 0 Å². The van der Waals surface area contributed by atoms with Crippen molar-refractivity contribution in [2.45, 2.75) is 0 Å². The zero-order valence-electron chi connectivity index (χ0n) is 13.2. The third-order valence-electron chi connectivity index (χ3n) is 3.13. The van der Waals surface area contributed by atoms with Gasteiger partial charge in [-0.05, 0) is 23.8 Å². The first-order valence-electron chi connectivity index (χ1n) is 7.36. The Morgan fingerprint density at radius 2 is 0.917 bits per heavy atom. The van der Waals surface area contributed by atoms with E-state index in [1.165, 1.54) is 15.9 Å². The third kappa shape index (κ3) is 6.24. The fourth-order valence-electron chi connectivity index (χ4n) is 2.18. The summed E-state index contributed by atoms with van der Waals surface area (Å²) in [5.74, 6) is 4.53. The van der Waals surface area contributed by atoms with Crippen molar-refractivity contribution >= 4 is 23.8 Å². The molecule has 0 aliphatic carbocycles. The Hall–Kier alpha value is -1.41. The quantitative estimate of drug-likeness (QED) is 0.196. The van der Waals surface area contributed by atoms with E-state index in [1.807, 2.05) is 5.43 Å². The maximum Gasteiger partial charge on any atom is 0.105 e. The van der Waals surface area contributed by atoms with E-state index in [9.17, 15) is 0 Å². The number of nitrogens with one attached hydrogen (secondary N) is 1. The Bertz CT molecular complexity index is 573. The van der Waals surface area contributed by atoms with Crippen molar-refractivity contribution in [2.24, 2.45) is 5.84 Å². The normalized spacial score (nSPS) is 9.62. The van der Waals surface area contributed by atoms with E-state index in [1.54, 1.807) is 0 Å². The molecule has 0 atom stereocenters. The number of benzene rings is 3. The first-order chi connectivity index (χ1) is 11.4. The molecule has 4 N–H and O–H groups in total. The van der Waals surface area contributed by atoms with Crippen LogP contribution in [0.3, 0.4) is 0 Å². The summed E-state index contributed by atoms with van der Waals surface area (Å²) in [6.45, 7) is -0.153. The van der Waals surface area contributed by atoms with Crippen LogP contribution in [0.15, 0.2) is 91.0 Å². The third-order valence-corrected chi connectivity index (χ3v) is 5.58. The molecular formula is C19H21N2OPRh. The summed E-state index contributed by atoms with van der Waals surface area (Å²) in [7, 11) is -0.446. The molecule has 3 aromatic carbocycles. The maximum atomic E-state index is 7.64. The molecular weight excluding hydrogens is 406 g/mol. The first-order valence-corrected chi connectivity index (χ1v) is 8.70. The molecule has 1 radical (unpaired) electrons. The van der Waals surface area contributed by atoms with Gasteiger partial charge < -0.3 is 5.11 Å². The smallest absolute Gasteiger partial charge is 0.105 e. The molecule has 0 amide bonds. The van der Waals surface area contributed by atoms with Crippen molar-refractivity contribution in [2.75, 3.05) is 6.73 Å². The molecule has 0 heterocycles. The molecule has 24 heavy (non-hydrogen) atoms. The van der Waals surface area contributed by atoms with Gasteiger partial charge in [0, 0.05) is 19.5 Å². The summed E-state index contributed by atoms with van der Waals surface area (Å²) in [6.07, 6.45) is 0. The summed E-state index contributed by atoms with van der Waals surface area (Å²) >= 11 is 0. The number of hydrazine groups is 1. The Kier molecular flexibility index (Phi) is 10.3. The van der Waals surface area contributed by atoms with E-state index in [0.29, 0.717) is 0 Å². The van der Waals surface area contributed by atoms with Crippen molar-refractivity contribution in [3.05, 3.63) is 91.0 Å². The zero-order valence-corrected chi connectivity index (χ0v) is 15.7. The number of nitrogens with two attached hydrogens (primary N) is 1. The molecule has 0 saturated carbocycles. The molecule has 0 aliphatic heterocycles. The fraction of sp³-hybridized carbons (Fsp3) is 0.0526. The van der Waals surface area contributed by atoms with Gasteiger partial charge in [0.25, 0.3) is 0 Å². The molecule has 3 rings (SSSR count). The van der Waals surface area contributed by atoms with Crippen molar-refractivity contribution in [1.29, 1.82) is 0 Å². The van der Waals surface area contributed by atoms with Gasteiger partial charge >= 0.3 is 0 Å². The van der Waals surface area contributed by atoms with Gasteiger partial charge in [0.05, 0.1) is 0 Å². The van der Waals surface area contributed by atoms with Crippen molar-refractivity contribution < 1.29 is 24.6 Å². The van der Waals surface area contributed by atoms with Gasteiger partial charge in [-0.15, -0.1) is 0 Å². The van der Waals surface area contributed by atoms with Gasteiger partial charge in [-0.1, -0.05) is 91.0 Å². The standard InChI is InChI=1S/C18H15P.CH6N2O.Rh/c1-4-10-16(11-5-1)19(17-12-6-2-7-13-17)18-14-8-3-9-15-18;2-3-1-4;/h1-15H;3-4H,1-2H2;. The minimum absolute atomic E-state index is 0. The maximum absolute atomic E-state index is 7.64. The van der Waals surface area contributed by atoms with E-state index < -0.39 is 7.92 Å². The Morgan fingerprint density at radius 1 is 0.667 bits per heavy atom. The number of aliphatic hydroxyl groups is 1. The number of hydrogen-bond donors (Lipinski definition) is 3. The van der Waals surface area contributed by atoms with Crippen LogP contribution in [0, 0.1) is 0 Å². The van der Waals surface area contributed by atoms with E-state index in [2.05, 4.69) is 96.8 Å². The van der Waals surface area contributed by atoms with Crippen LogP contribution in [0.4, 0.5) is 0 Å². The summed E-state index contributed by atoms with van der Waals surface area (Å²) in [5, 5.41) is 11.8. The van der Waals surface area contributed by atoms with Crippen LogP contribution in [-0.4, -0.2) is 11.8 Å². The van der Waals surface area contributed by atoms with Gasteiger partial charge in [-0.25, -0.2) is 5.43 Å². The molecule has 127 valence electrons. The van der Waals surface area contributed by atoms with Crippen LogP contribution in [-0.2, 0) is 19.5 Å². The van der Waals surface area contributed by atoms with Gasteiger partial charge in [0.15, 0.2) is 0 Å². The minimum Gasteiger partial charge on any atom is -0.380 e. The van der Waals surface area contributed by atoms with Gasteiger partial charge in [0.2, 0.25) is 0 Å². The molecule has 0 unspecified atom stereocenters. The number of hydrogen-bond acceptors (Lipinski definition) is 3. The van der Waals surface area contributed by atoms with E-state index in [4.69, 9.17) is 5.11 Å². The largest absolute Gasteiger partial charge is 0.380 e.